The van der Waals surface area contributed by atoms with Crippen LogP contribution in [0.15, 0.2) is 55.1 Å². The molecule has 0 aliphatic heterocycles. The molecule has 0 spiro atoms. The standard InChI is InChI=1S/C19H15F2N5O2/c20-15-4-3-13(8-16(15)21)5-7-27-18-11-23-10-17-24-25-19(26(17)18)28-12-14-2-1-6-22-9-14/h1-4,6,8-11H,5,7,12H2. The van der Waals surface area contributed by atoms with Crippen molar-refractivity contribution in [3.63, 3.8) is 0 Å². The molecule has 4 rings (SSSR count). The van der Waals surface area contributed by atoms with Crippen molar-refractivity contribution in [3.05, 3.63) is 77.9 Å². The first kappa shape index (κ1) is 17.8. The maximum absolute atomic E-state index is 13.3. The molecule has 1 aromatic carbocycles. The molecule has 0 radical (unpaired) electrons. The molecule has 0 saturated heterocycles. The van der Waals surface area contributed by atoms with Crippen LogP contribution in [0.3, 0.4) is 0 Å². The van der Waals surface area contributed by atoms with Crippen LogP contribution >= 0.6 is 0 Å². The van der Waals surface area contributed by atoms with Crippen molar-refractivity contribution in [3.8, 4) is 11.9 Å². The topological polar surface area (TPSA) is 74.4 Å². The molecule has 0 N–H and O–H groups in total. The van der Waals surface area contributed by atoms with Crippen LogP contribution in [0.2, 0.25) is 0 Å². The Morgan fingerprint density at radius 3 is 2.64 bits per heavy atom. The van der Waals surface area contributed by atoms with Crippen molar-refractivity contribution in [1.82, 2.24) is 24.6 Å². The highest BCUT2D eigenvalue weighted by atomic mass is 19.2. The zero-order valence-corrected chi connectivity index (χ0v) is 14.6. The lowest BCUT2D eigenvalue weighted by Gasteiger charge is -2.10. The predicted octanol–water partition coefficient (Wildman–Crippen LogP) is 3.00. The molecule has 0 amide bonds. The van der Waals surface area contributed by atoms with E-state index in [0.717, 1.165) is 17.7 Å². The minimum atomic E-state index is -0.883. The highest BCUT2D eigenvalue weighted by Gasteiger charge is 2.13. The number of fused-ring (bicyclic) bond motifs is 1. The van der Waals surface area contributed by atoms with Gasteiger partial charge in [0.1, 0.15) is 6.61 Å². The first-order valence-corrected chi connectivity index (χ1v) is 8.48. The molecule has 0 atom stereocenters. The van der Waals surface area contributed by atoms with E-state index >= 15 is 0 Å². The van der Waals surface area contributed by atoms with Gasteiger partial charge in [-0.3, -0.25) is 9.97 Å². The van der Waals surface area contributed by atoms with E-state index in [1.54, 1.807) is 16.8 Å². The third kappa shape index (κ3) is 3.88. The largest absolute Gasteiger partial charge is 0.477 e. The van der Waals surface area contributed by atoms with Gasteiger partial charge in [-0.2, -0.15) is 0 Å². The van der Waals surface area contributed by atoms with E-state index in [1.165, 1.54) is 18.5 Å². The average Bonchev–Trinajstić information content (AvgIpc) is 3.14. The lowest BCUT2D eigenvalue weighted by molar-refractivity contribution is 0.260. The van der Waals surface area contributed by atoms with Gasteiger partial charge in [-0.15, -0.1) is 5.10 Å². The summed E-state index contributed by atoms with van der Waals surface area (Å²) < 4.78 is 39.4. The maximum Gasteiger partial charge on any atom is 0.324 e. The van der Waals surface area contributed by atoms with E-state index in [2.05, 4.69) is 20.2 Å². The molecule has 9 heteroatoms. The number of nitrogens with zero attached hydrogens (tertiary/aromatic N) is 5. The number of rotatable bonds is 7. The van der Waals surface area contributed by atoms with Crippen molar-refractivity contribution < 1.29 is 18.3 Å². The molecule has 0 aliphatic rings. The normalized spacial score (nSPS) is 10.9. The van der Waals surface area contributed by atoms with Crippen molar-refractivity contribution >= 4 is 5.65 Å². The maximum atomic E-state index is 13.3. The molecule has 4 aromatic rings. The summed E-state index contributed by atoms with van der Waals surface area (Å²) in [6, 6.07) is 7.72. The zero-order chi connectivity index (χ0) is 19.3. The van der Waals surface area contributed by atoms with Crippen molar-refractivity contribution in [2.45, 2.75) is 13.0 Å². The van der Waals surface area contributed by atoms with Gasteiger partial charge in [0.15, 0.2) is 17.3 Å². The van der Waals surface area contributed by atoms with Crippen LogP contribution in [0, 0.1) is 11.6 Å². The van der Waals surface area contributed by atoms with E-state index in [-0.39, 0.29) is 19.2 Å². The number of aromatic nitrogens is 5. The van der Waals surface area contributed by atoms with E-state index < -0.39 is 11.6 Å². The van der Waals surface area contributed by atoms with Crippen LogP contribution in [0.1, 0.15) is 11.1 Å². The summed E-state index contributed by atoms with van der Waals surface area (Å²) in [4.78, 5) is 8.11. The van der Waals surface area contributed by atoms with E-state index in [0.29, 0.717) is 23.5 Å². The number of halogens is 2. The van der Waals surface area contributed by atoms with Crippen LogP contribution in [0.5, 0.6) is 11.9 Å². The Balaban J connectivity index is 1.47. The molecule has 142 valence electrons. The Labute approximate surface area is 158 Å². The summed E-state index contributed by atoms with van der Waals surface area (Å²) >= 11 is 0. The van der Waals surface area contributed by atoms with Gasteiger partial charge in [-0.05, 0) is 23.8 Å². The Morgan fingerprint density at radius 2 is 1.82 bits per heavy atom. The first-order chi connectivity index (χ1) is 13.7. The predicted molar refractivity (Wildman–Crippen MR) is 94.9 cm³/mol. The summed E-state index contributed by atoms with van der Waals surface area (Å²) in [5.74, 6) is -1.38. The highest BCUT2D eigenvalue weighted by Crippen LogP contribution is 2.20. The monoisotopic (exact) mass is 383 g/mol. The van der Waals surface area contributed by atoms with Gasteiger partial charge in [0.25, 0.3) is 0 Å². The highest BCUT2D eigenvalue weighted by molar-refractivity contribution is 5.40. The van der Waals surface area contributed by atoms with Gasteiger partial charge >= 0.3 is 6.01 Å². The SMILES string of the molecule is Fc1ccc(CCOc2cncc3nnc(OCc4cccnc4)n23)cc1F. The van der Waals surface area contributed by atoms with Crippen LogP contribution in [0.4, 0.5) is 8.78 Å². The quantitative estimate of drug-likeness (QED) is 0.488. The molecule has 7 nitrogen and oxygen atoms in total. The Morgan fingerprint density at radius 1 is 0.893 bits per heavy atom. The number of hydrogen-bond donors (Lipinski definition) is 0. The lowest BCUT2D eigenvalue weighted by atomic mass is 10.1. The fourth-order valence-corrected chi connectivity index (χ4v) is 2.59. The Hall–Kier alpha value is -3.62. The van der Waals surface area contributed by atoms with Gasteiger partial charge in [0.05, 0.1) is 19.0 Å². The third-order valence-corrected chi connectivity index (χ3v) is 3.97. The minimum absolute atomic E-state index is 0.228. The minimum Gasteiger partial charge on any atom is -0.477 e. The van der Waals surface area contributed by atoms with Gasteiger partial charge in [0.2, 0.25) is 5.88 Å². The zero-order valence-electron chi connectivity index (χ0n) is 14.6. The molecular weight excluding hydrogens is 368 g/mol. The van der Waals surface area contributed by atoms with E-state index in [9.17, 15) is 8.78 Å². The number of benzene rings is 1. The fourth-order valence-electron chi connectivity index (χ4n) is 2.59. The number of ether oxygens (including phenoxy) is 2. The van der Waals surface area contributed by atoms with Crippen LogP contribution < -0.4 is 9.47 Å². The molecule has 0 saturated carbocycles. The summed E-state index contributed by atoms with van der Waals surface area (Å²) in [5.41, 5.74) is 1.97. The van der Waals surface area contributed by atoms with Crippen LogP contribution in [0.25, 0.3) is 5.65 Å². The molecule has 3 aromatic heterocycles. The molecule has 0 bridgehead atoms. The van der Waals surface area contributed by atoms with Crippen LogP contribution in [-0.4, -0.2) is 31.2 Å². The van der Waals surface area contributed by atoms with E-state index in [4.69, 9.17) is 9.47 Å². The fraction of sp³-hybridized carbons (Fsp3) is 0.158. The van der Waals surface area contributed by atoms with Crippen molar-refractivity contribution in [2.75, 3.05) is 6.61 Å². The third-order valence-electron chi connectivity index (χ3n) is 3.97. The molecule has 0 aliphatic carbocycles. The van der Waals surface area contributed by atoms with E-state index in [1.807, 2.05) is 12.1 Å². The van der Waals surface area contributed by atoms with Gasteiger partial charge in [-0.25, -0.2) is 13.2 Å². The molecular formula is C19H15F2N5O2. The van der Waals surface area contributed by atoms with Gasteiger partial charge < -0.3 is 9.47 Å². The van der Waals surface area contributed by atoms with Crippen molar-refractivity contribution in [1.29, 1.82) is 0 Å². The molecule has 0 unspecified atom stereocenters. The average molecular weight is 383 g/mol. The molecule has 3 heterocycles. The summed E-state index contributed by atoms with van der Waals surface area (Å²) in [6.45, 7) is 0.497. The van der Waals surface area contributed by atoms with Gasteiger partial charge in [0, 0.05) is 24.4 Å². The number of pyridine rings is 1. The second kappa shape index (κ2) is 7.95. The second-order valence-corrected chi connectivity index (χ2v) is 5.92. The lowest BCUT2D eigenvalue weighted by Crippen LogP contribution is -2.07. The molecule has 28 heavy (non-hydrogen) atoms. The summed E-state index contributed by atoms with van der Waals surface area (Å²) in [7, 11) is 0. The van der Waals surface area contributed by atoms with Gasteiger partial charge in [-0.1, -0.05) is 17.2 Å². The Bertz CT molecular complexity index is 1090. The second-order valence-electron chi connectivity index (χ2n) is 5.92. The summed E-state index contributed by atoms with van der Waals surface area (Å²) in [6.07, 6.45) is 6.82. The van der Waals surface area contributed by atoms with Crippen LogP contribution in [-0.2, 0) is 13.0 Å². The Kier molecular flexibility index (Phi) is 5.05. The smallest absolute Gasteiger partial charge is 0.324 e. The molecule has 0 fully saturated rings. The van der Waals surface area contributed by atoms with Crippen molar-refractivity contribution in [2.24, 2.45) is 0 Å². The number of hydrogen-bond acceptors (Lipinski definition) is 6. The first-order valence-electron chi connectivity index (χ1n) is 8.48. The summed E-state index contributed by atoms with van der Waals surface area (Å²) in [5, 5.41) is 8.04.